The van der Waals surface area contributed by atoms with Crippen molar-refractivity contribution in [3.05, 3.63) is 10.9 Å². The number of rotatable bonds is 4. The summed E-state index contributed by atoms with van der Waals surface area (Å²) < 4.78 is 0. The molecule has 4 nitrogen and oxygen atoms in total. The minimum Gasteiger partial charge on any atom is -0.369 e. The van der Waals surface area contributed by atoms with Crippen molar-refractivity contribution < 1.29 is 0 Å². The van der Waals surface area contributed by atoms with E-state index in [9.17, 15) is 0 Å². The monoisotopic (exact) mass is 276 g/mol. The van der Waals surface area contributed by atoms with Gasteiger partial charge in [0.1, 0.15) is 10.6 Å². The van der Waals surface area contributed by atoms with Crippen molar-refractivity contribution in [3.63, 3.8) is 0 Å². The summed E-state index contributed by atoms with van der Waals surface area (Å²) >= 11 is 1.72. The van der Waals surface area contributed by atoms with Gasteiger partial charge in [-0.2, -0.15) is 4.98 Å². The maximum Gasteiger partial charge on any atom is 0.225 e. The molecule has 0 amide bonds. The average molecular weight is 276 g/mol. The zero-order chi connectivity index (χ0) is 13.2. The summed E-state index contributed by atoms with van der Waals surface area (Å²) in [5.74, 6) is 2.48. The van der Waals surface area contributed by atoms with Gasteiger partial charge in [-0.05, 0) is 31.7 Å². The lowest BCUT2D eigenvalue weighted by Gasteiger charge is -2.12. The normalized spacial score (nSPS) is 16.1. The third-order valence-corrected chi connectivity index (χ3v) is 4.72. The SMILES string of the molecule is CNc1nc(NCC2CCCC2)c2cc(C)sc2n1. The van der Waals surface area contributed by atoms with Gasteiger partial charge < -0.3 is 10.6 Å². The van der Waals surface area contributed by atoms with E-state index >= 15 is 0 Å². The number of hydrogen-bond acceptors (Lipinski definition) is 5. The first-order valence-electron chi connectivity index (χ1n) is 6.96. The second-order valence-electron chi connectivity index (χ2n) is 5.25. The fraction of sp³-hybridized carbons (Fsp3) is 0.571. The second-order valence-corrected chi connectivity index (χ2v) is 6.49. The van der Waals surface area contributed by atoms with E-state index in [2.05, 4.69) is 33.6 Å². The first-order chi connectivity index (χ1) is 9.26. The van der Waals surface area contributed by atoms with Crippen molar-refractivity contribution >= 4 is 33.3 Å². The quantitative estimate of drug-likeness (QED) is 0.895. The molecule has 2 aromatic heterocycles. The Morgan fingerprint density at radius 2 is 2.11 bits per heavy atom. The molecule has 19 heavy (non-hydrogen) atoms. The molecule has 3 rings (SSSR count). The van der Waals surface area contributed by atoms with Crippen LogP contribution >= 0.6 is 11.3 Å². The Morgan fingerprint density at radius 1 is 1.32 bits per heavy atom. The van der Waals surface area contributed by atoms with Crippen LogP contribution in [0.25, 0.3) is 10.2 Å². The van der Waals surface area contributed by atoms with Crippen LogP contribution < -0.4 is 10.6 Å². The highest BCUT2D eigenvalue weighted by atomic mass is 32.1. The van der Waals surface area contributed by atoms with Crippen molar-refractivity contribution in [3.8, 4) is 0 Å². The lowest BCUT2D eigenvalue weighted by Crippen LogP contribution is -2.12. The summed E-state index contributed by atoms with van der Waals surface area (Å²) in [6.07, 6.45) is 5.46. The molecular formula is C14H20N4S. The van der Waals surface area contributed by atoms with E-state index < -0.39 is 0 Å². The molecule has 0 spiro atoms. The van der Waals surface area contributed by atoms with Gasteiger partial charge in [-0.25, -0.2) is 4.98 Å². The van der Waals surface area contributed by atoms with E-state index in [0.29, 0.717) is 5.95 Å². The molecule has 1 aliphatic carbocycles. The smallest absolute Gasteiger partial charge is 0.225 e. The van der Waals surface area contributed by atoms with Gasteiger partial charge in [0.25, 0.3) is 0 Å². The van der Waals surface area contributed by atoms with E-state index in [1.165, 1.54) is 30.6 Å². The van der Waals surface area contributed by atoms with E-state index in [-0.39, 0.29) is 0 Å². The maximum atomic E-state index is 4.57. The van der Waals surface area contributed by atoms with Crippen molar-refractivity contribution in [2.75, 3.05) is 24.2 Å². The number of fused-ring (bicyclic) bond motifs is 1. The predicted octanol–water partition coefficient (Wildman–Crippen LogP) is 3.64. The number of anilines is 2. The standard InChI is InChI=1S/C14H20N4S/c1-9-7-11-12(16-8-10-5-3-4-6-10)17-14(15-2)18-13(11)19-9/h7,10H,3-6,8H2,1-2H3,(H2,15,16,17,18). The third kappa shape index (κ3) is 2.66. The van der Waals surface area contributed by atoms with E-state index in [1.54, 1.807) is 11.3 Å². The van der Waals surface area contributed by atoms with Crippen LogP contribution in [0.3, 0.4) is 0 Å². The first kappa shape index (κ1) is 12.7. The minimum absolute atomic E-state index is 0.697. The van der Waals surface area contributed by atoms with Crippen LogP contribution in [0.1, 0.15) is 30.6 Å². The number of aryl methyl sites for hydroxylation is 1. The molecule has 2 N–H and O–H groups in total. The van der Waals surface area contributed by atoms with Gasteiger partial charge in [0.05, 0.1) is 5.39 Å². The Balaban J connectivity index is 1.86. The fourth-order valence-corrected chi connectivity index (χ4v) is 3.62. The number of aromatic nitrogens is 2. The van der Waals surface area contributed by atoms with E-state index in [0.717, 1.165) is 28.5 Å². The minimum atomic E-state index is 0.697. The highest BCUT2D eigenvalue weighted by Gasteiger charge is 2.16. The zero-order valence-corrected chi connectivity index (χ0v) is 12.3. The maximum absolute atomic E-state index is 4.57. The number of hydrogen-bond donors (Lipinski definition) is 2. The Morgan fingerprint density at radius 3 is 2.84 bits per heavy atom. The van der Waals surface area contributed by atoms with Crippen LogP contribution in [-0.2, 0) is 0 Å². The molecular weight excluding hydrogens is 256 g/mol. The van der Waals surface area contributed by atoms with E-state index in [4.69, 9.17) is 0 Å². The third-order valence-electron chi connectivity index (χ3n) is 3.77. The van der Waals surface area contributed by atoms with Crippen molar-refractivity contribution in [2.24, 2.45) is 5.92 Å². The Labute approximate surface area is 117 Å². The van der Waals surface area contributed by atoms with Crippen LogP contribution in [0.4, 0.5) is 11.8 Å². The molecule has 1 fully saturated rings. The van der Waals surface area contributed by atoms with Gasteiger partial charge >= 0.3 is 0 Å². The molecule has 2 heterocycles. The highest BCUT2D eigenvalue weighted by molar-refractivity contribution is 7.18. The van der Waals surface area contributed by atoms with Crippen molar-refractivity contribution in [1.82, 2.24) is 9.97 Å². The molecule has 1 saturated carbocycles. The first-order valence-corrected chi connectivity index (χ1v) is 7.77. The molecule has 0 aromatic carbocycles. The lowest BCUT2D eigenvalue weighted by atomic mass is 10.1. The van der Waals surface area contributed by atoms with Gasteiger partial charge in [0.15, 0.2) is 0 Å². The zero-order valence-electron chi connectivity index (χ0n) is 11.5. The molecule has 0 bridgehead atoms. The van der Waals surface area contributed by atoms with Gasteiger partial charge in [-0.1, -0.05) is 12.8 Å². The second kappa shape index (κ2) is 5.33. The van der Waals surface area contributed by atoms with Gasteiger partial charge in [0, 0.05) is 18.5 Å². The molecule has 0 saturated heterocycles. The average Bonchev–Trinajstić information content (AvgIpc) is 3.03. The molecule has 102 valence electrons. The number of nitrogens with one attached hydrogen (secondary N) is 2. The highest BCUT2D eigenvalue weighted by Crippen LogP contribution is 2.31. The van der Waals surface area contributed by atoms with Gasteiger partial charge in [0.2, 0.25) is 5.95 Å². The van der Waals surface area contributed by atoms with Crippen molar-refractivity contribution in [1.29, 1.82) is 0 Å². The molecule has 2 aromatic rings. The summed E-state index contributed by atoms with van der Waals surface area (Å²) in [6, 6.07) is 2.18. The topological polar surface area (TPSA) is 49.8 Å². The largest absolute Gasteiger partial charge is 0.369 e. The molecule has 0 unspecified atom stereocenters. The number of nitrogens with zero attached hydrogens (tertiary/aromatic N) is 2. The molecule has 0 aliphatic heterocycles. The van der Waals surface area contributed by atoms with Crippen molar-refractivity contribution in [2.45, 2.75) is 32.6 Å². The molecule has 0 radical (unpaired) electrons. The van der Waals surface area contributed by atoms with Crippen LogP contribution in [0.2, 0.25) is 0 Å². The van der Waals surface area contributed by atoms with E-state index in [1.807, 2.05) is 7.05 Å². The summed E-state index contributed by atoms with van der Waals surface area (Å²) in [5, 5.41) is 7.73. The van der Waals surface area contributed by atoms with Crippen LogP contribution in [-0.4, -0.2) is 23.6 Å². The van der Waals surface area contributed by atoms with Crippen LogP contribution in [0.15, 0.2) is 6.07 Å². The van der Waals surface area contributed by atoms with Gasteiger partial charge in [-0.3, -0.25) is 0 Å². The van der Waals surface area contributed by atoms with Crippen LogP contribution in [0, 0.1) is 12.8 Å². The molecule has 5 heteroatoms. The Bertz CT molecular complexity index is 572. The summed E-state index contributed by atoms with van der Waals surface area (Å²) in [6.45, 7) is 3.15. The summed E-state index contributed by atoms with van der Waals surface area (Å²) in [7, 11) is 1.86. The Hall–Kier alpha value is -1.36. The predicted molar refractivity (Wildman–Crippen MR) is 82.1 cm³/mol. The molecule has 1 aliphatic rings. The lowest BCUT2D eigenvalue weighted by molar-refractivity contribution is 0.579. The summed E-state index contributed by atoms with van der Waals surface area (Å²) in [4.78, 5) is 11.4. The fourth-order valence-electron chi connectivity index (χ4n) is 2.74. The number of thiophene rings is 1. The van der Waals surface area contributed by atoms with Crippen LogP contribution in [0.5, 0.6) is 0 Å². The summed E-state index contributed by atoms with van der Waals surface area (Å²) in [5.41, 5.74) is 0. The van der Waals surface area contributed by atoms with Gasteiger partial charge in [-0.15, -0.1) is 11.3 Å². The Kier molecular flexibility index (Phi) is 3.55. The molecule has 0 atom stereocenters.